The number of hydrogen-bond acceptors (Lipinski definition) is 6. The van der Waals surface area contributed by atoms with E-state index in [9.17, 15) is 9.59 Å². The first kappa shape index (κ1) is 22.2. The first-order valence-electron chi connectivity index (χ1n) is 12.9. The molecule has 182 valence electrons. The fourth-order valence-corrected chi connectivity index (χ4v) is 5.59. The Morgan fingerprint density at radius 1 is 1.09 bits per heavy atom. The van der Waals surface area contributed by atoms with Gasteiger partial charge in [-0.05, 0) is 68.4 Å². The molecule has 1 aliphatic heterocycles. The van der Waals surface area contributed by atoms with Gasteiger partial charge in [-0.1, -0.05) is 6.92 Å². The number of aromatic amines is 1. The number of nitrogens with zero attached hydrogens (tertiary/aromatic N) is 4. The number of piperazine rings is 1. The molecule has 3 fully saturated rings. The van der Waals surface area contributed by atoms with Crippen LogP contribution in [-0.4, -0.2) is 57.0 Å². The molecule has 35 heavy (non-hydrogen) atoms. The molecule has 0 aromatic carbocycles. The van der Waals surface area contributed by atoms with Crippen LogP contribution in [0.4, 0.5) is 5.69 Å². The zero-order chi connectivity index (χ0) is 23.9. The third-order valence-corrected chi connectivity index (χ3v) is 8.04. The van der Waals surface area contributed by atoms with Crippen molar-refractivity contribution in [2.45, 2.75) is 70.1 Å². The maximum atomic E-state index is 12.4. The molecule has 0 bridgehead atoms. The average Bonchev–Trinajstić information content (AvgIpc) is 2.82. The zero-order valence-corrected chi connectivity index (χ0v) is 20.2. The summed E-state index contributed by atoms with van der Waals surface area (Å²) in [5.74, 6) is -0.0659. The number of carbonyl (C=O) groups is 1. The average molecular weight is 473 g/mol. The van der Waals surface area contributed by atoms with Crippen LogP contribution in [0.3, 0.4) is 0 Å². The molecule has 4 heterocycles. The Morgan fingerprint density at radius 2 is 1.94 bits per heavy atom. The molecule has 8 heteroatoms. The number of pyridine rings is 3. The molecule has 3 aromatic heterocycles. The maximum Gasteiger partial charge on any atom is 0.270 e. The molecule has 0 spiro atoms. The van der Waals surface area contributed by atoms with Gasteiger partial charge < -0.3 is 15.2 Å². The van der Waals surface area contributed by atoms with Gasteiger partial charge in [0.25, 0.3) is 11.5 Å². The van der Waals surface area contributed by atoms with E-state index < -0.39 is 0 Å². The van der Waals surface area contributed by atoms with E-state index in [0.717, 1.165) is 66.7 Å². The van der Waals surface area contributed by atoms with Crippen LogP contribution in [0.5, 0.6) is 0 Å². The third kappa shape index (κ3) is 4.20. The lowest BCUT2D eigenvalue weighted by atomic mass is 9.81. The van der Waals surface area contributed by atoms with Gasteiger partial charge in [0.2, 0.25) is 0 Å². The molecule has 2 saturated carbocycles. The fourth-order valence-electron chi connectivity index (χ4n) is 5.59. The number of H-pyrrole nitrogens is 1. The van der Waals surface area contributed by atoms with E-state index in [-0.39, 0.29) is 11.5 Å². The Balaban J connectivity index is 1.12. The number of aryl methyl sites for hydroxylation is 1. The third-order valence-electron chi connectivity index (χ3n) is 8.04. The molecule has 1 saturated heterocycles. The van der Waals surface area contributed by atoms with Crippen molar-refractivity contribution in [1.82, 2.24) is 25.2 Å². The van der Waals surface area contributed by atoms with Crippen molar-refractivity contribution >= 4 is 22.6 Å². The van der Waals surface area contributed by atoms with E-state index >= 15 is 0 Å². The van der Waals surface area contributed by atoms with Gasteiger partial charge in [-0.25, -0.2) is 4.98 Å². The van der Waals surface area contributed by atoms with Crippen molar-refractivity contribution in [3.63, 3.8) is 0 Å². The summed E-state index contributed by atoms with van der Waals surface area (Å²) in [5, 5.41) is 3.06. The first-order valence-corrected chi connectivity index (χ1v) is 12.9. The molecule has 1 amide bonds. The van der Waals surface area contributed by atoms with Crippen LogP contribution in [0.2, 0.25) is 0 Å². The fraction of sp³-hybridized carbons (Fsp3) is 0.481. The largest absolute Gasteiger partial charge is 0.364 e. The summed E-state index contributed by atoms with van der Waals surface area (Å²) in [6.45, 7) is 4.69. The van der Waals surface area contributed by atoms with Gasteiger partial charge in [-0.15, -0.1) is 0 Å². The number of carbonyl (C=O) groups excluding carboxylic acids is 1. The summed E-state index contributed by atoms with van der Waals surface area (Å²) >= 11 is 0. The smallest absolute Gasteiger partial charge is 0.270 e. The van der Waals surface area contributed by atoms with Crippen molar-refractivity contribution in [3.8, 4) is 0 Å². The lowest BCUT2D eigenvalue weighted by molar-refractivity contribution is 0.0658. The van der Waals surface area contributed by atoms with Gasteiger partial charge in [0, 0.05) is 49.5 Å². The van der Waals surface area contributed by atoms with Gasteiger partial charge in [0.05, 0.1) is 22.9 Å². The summed E-state index contributed by atoms with van der Waals surface area (Å²) in [5.41, 5.74) is 5.11. The van der Waals surface area contributed by atoms with E-state index in [2.05, 4.69) is 36.1 Å². The number of aromatic nitrogens is 3. The van der Waals surface area contributed by atoms with Crippen molar-refractivity contribution in [3.05, 3.63) is 63.8 Å². The maximum absolute atomic E-state index is 12.4. The number of nitrogens with one attached hydrogen (secondary N) is 2. The normalized spacial score (nSPS) is 22.4. The summed E-state index contributed by atoms with van der Waals surface area (Å²) in [6.07, 6.45) is 10.2. The van der Waals surface area contributed by atoms with E-state index in [1.54, 1.807) is 0 Å². The van der Waals surface area contributed by atoms with Crippen LogP contribution in [-0.2, 0) is 13.0 Å². The lowest BCUT2D eigenvalue weighted by Crippen LogP contribution is -2.64. The van der Waals surface area contributed by atoms with E-state index in [4.69, 9.17) is 0 Å². The van der Waals surface area contributed by atoms with Gasteiger partial charge in [-0.2, -0.15) is 0 Å². The molecule has 8 nitrogen and oxygen atoms in total. The highest BCUT2D eigenvalue weighted by Gasteiger charge is 2.43. The van der Waals surface area contributed by atoms with Gasteiger partial charge in [0.1, 0.15) is 5.69 Å². The second kappa shape index (κ2) is 9.07. The number of rotatable bonds is 6. The van der Waals surface area contributed by atoms with E-state index in [1.807, 2.05) is 37.5 Å². The molecule has 2 unspecified atom stereocenters. The predicted molar refractivity (Wildman–Crippen MR) is 136 cm³/mol. The van der Waals surface area contributed by atoms with Crippen LogP contribution >= 0.6 is 0 Å². The SMILES string of the molecule is CCc1cc2ncc(CN3CCN(c4ccc(C(=O)NC5CCC5)nc4)C4CCC43)cc2[nH]c1=O. The summed E-state index contributed by atoms with van der Waals surface area (Å²) < 4.78 is 0. The first-order chi connectivity index (χ1) is 17.1. The second-order valence-corrected chi connectivity index (χ2v) is 10.1. The molecular formula is C27H32N6O2. The number of hydrogen-bond donors (Lipinski definition) is 2. The van der Waals surface area contributed by atoms with Crippen LogP contribution in [0.15, 0.2) is 41.5 Å². The summed E-state index contributed by atoms with van der Waals surface area (Å²) in [7, 11) is 0. The molecule has 3 aliphatic rings. The minimum Gasteiger partial charge on any atom is -0.364 e. The van der Waals surface area contributed by atoms with Crippen molar-refractivity contribution in [1.29, 1.82) is 0 Å². The Morgan fingerprint density at radius 3 is 2.63 bits per heavy atom. The number of fused-ring (bicyclic) bond motifs is 2. The lowest BCUT2D eigenvalue weighted by Gasteiger charge is -2.54. The van der Waals surface area contributed by atoms with Crippen molar-refractivity contribution in [2.75, 3.05) is 18.0 Å². The highest BCUT2D eigenvalue weighted by Crippen LogP contribution is 2.37. The van der Waals surface area contributed by atoms with Crippen LogP contribution < -0.4 is 15.8 Å². The Labute approximate surface area is 204 Å². The minimum atomic E-state index is -0.0659. The quantitative estimate of drug-likeness (QED) is 0.573. The molecule has 0 radical (unpaired) electrons. The van der Waals surface area contributed by atoms with E-state index in [0.29, 0.717) is 30.2 Å². The second-order valence-electron chi connectivity index (χ2n) is 10.1. The summed E-state index contributed by atoms with van der Waals surface area (Å²) in [6, 6.07) is 9.13. The molecular weight excluding hydrogens is 440 g/mol. The molecule has 6 rings (SSSR count). The molecule has 3 aromatic rings. The number of anilines is 1. The van der Waals surface area contributed by atoms with Crippen molar-refractivity contribution < 1.29 is 4.79 Å². The van der Waals surface area contributed by atoms with Gasteiger partial charge in [0.15, 0.2) is 0 Å². The predicted octanol–water partition coefficient (Wildman–Crippen LogP) is 3.02. The van der Waals surface area contributed by atoms with Crippen LogP contribution in [0.25, 0.3) is 11.0 Å². The van der Waals surface area contributed by atoms with Gasteiger partial charge in [-0.3, -0.25) is 19.5 Å². The zero-order valence-electron chi connectivity index (χ0n) is 20.2. The number of amides is 1. The molecule has 2 aliphatic carbocycles. The Hall–Kier alpha value is -3.26. The van der Waals surface area contributed by atoms with Gasteiger partial charge >= 0.3 is 0 Å². The molecule has 2 N–H and O–H groups in total. The van der Waals surface area contributed by atoms with Crippen LogP contribution in [0.1, 0.15) is 60.6 Å². The summed E-state index contributed by atoms with van der Waals surface area (Å²) in [4.78, 5) is 41.7. The highest BCUT2D eigenvalue weighted by atomic mass is 16.2. The van der Waals surface area contributed by atoms with Crippen LogP contribution in [0, 0.1) is 0 Å². The topological polar surface area (TPSA) is 94.2 Å². The molecule has 2 atom stereocenters. The Bertz CT molecular complexity index is 1300. The highest BCUT2D eigenvalue weighted by molar-refractivity contribution is 5.92. The van der Waals surface area contributed by atoms with Crippen molar-refractivity contribution in [2.24, 2.45) is 0 Å². The standard InChI is InChI=1S/C27H32N6O2/c1-2-18-13-22-23(31-26(18)34)12-17(14-28-22)16-32-10-11-33(25-9-8-24(25)32)20-6-7-21(29-15-20)27(35)30-19-4-3-5-19/h6-7,12-15,19,24-25H,2-5,8-11,16H2,1H3,(H,30,35)(H,31,34). The Kier molecular flexibility index (Phi) is 5.76. The minimum absolute atomic E-state index is 0.0215. The van der Waals surface area contributed by atoms with E-state index in [1.165, 1.54) is 12.8 Å². The monoisotopic (exact) mass is 472 g/mol.